The standard InChI is InChI=1S/C23H17FN4/c1-16-25-23-27(20-15-9-8-14-19(20)24)21(17-10-4-2-5-11-17)22(28(23)26-16)18-12-6-3-7-13-18/h2-15H,1H3. The van der Waals surface area contributed by atoms with Gasteiger partial charge in [-0.1, -0.05) is 72.8 Å². The molecule has 2 heterocycles. The van der Waals surface area contributed by atoms with Crippen molar-refractivity contribution < 1.29 is 4.39 Å². The van der Waals surface area contributed by atoms with E-state index in [4.69, 9.17) is 0 Å². The Bertz CT molecular complexity index is 1270. The molecule has 0 saturated carbocycles. The van der Waals surface area contributed by atoms with E-state index < -0.39 is 0 Å². The molecule has 0 atom stereocenters. The third-order valence-electron chi connectivity index (χ3n) is 4.74. The van der Waals surface area contributed by atoms with Gasteiger partial charge < -0.3 is 0 Å². The normalized spacial score (nSPS) is 11.2. The molecule has 3 aromatic carbocycles. The van der Waals surface area contributed by atoms with Crippen LogP contribution in [0.15, 0.2) is 84.9 Å². The zero-order valence-electron chi connectivity index (χ0n) is 15.2. The van der Waals surface area contributed by atoms with E-state index in [1.54, 1.807) is 16.6 Å². The fourth-order valence-corrected chi connectivity index (χ4v) is 3.58. The Kier molecular flexibility index (Phi) is 3.79. The van der Waals surface area contributed by atoms with Crippen molar-refractivity contribution in [1.29, 1.82) is 0 Å². The Morgan fingerprint density at radius 3 is 1.93 bits per heavy atom. The number of aromatic nitrogens is 4. The molecular weight excluding hydrogens is 351 g/mol. The van der Waals surface area contributed by atoms with Crippen LogP contribution in [0.5, 0.6) is 0 Å². The summed E-state index contributed by atoms with van der Waals surface area (Å²) in [7, 11) is 0. The summed E-state index contributed by atoms with van der Waals surface area (Å²) < 4.78 is 18.5. The smallest absolute Gasteiger partial charge is 0.238 e. The molecule has 2 aromatic heterocycles. The summed E-state index contributed by atoms with van der Waals surface area (Å²) >= 11 is 0. The number of hydrogen-bond acceptors (Lipinski definition) is 2. The minimum absolute atomic E-state index is 0.308. The third-order valence-corrected chi connectivity index (χ3v) is 4.74. The van der Waals surface area contributed by atoms with E-state index in [0.29, 0.717) is 17.3 Å². The molecule has 0 aliphatic carbocycles. The highest BCUT2D eigenvalue weighted by Crippen LogP contribution is 2.37. The number of fused-ring (bicyclic) bond motifs is 1. The molecule has 0 unspecified atom stereocenters. The topological polar surface area (TPSA) is 35.1 Å². The average molecular weight is 368 g/mol. The molecule has 0 N–H and O–H groups in total. The molecule has 0 radical (unpaired) electrons. The zero-order valence-corrected chi connectivity index (χ0v) is 15.2. The number of para-hydroxylation sites is 1. The van der Waals surface area contributed by atoms with Crippen LogP contribution < -0.4 is 0 Å². The van der Waals surface area contributed by atoms with Gasteiger partial charge in [0.05, 0.1) is 11.4 Å². The predicted molar refractivity (Wildman–Crippen MR) is 108 cm³/mol. The molecule has 0 aliphatic rings. The van der Waals surface area contributed by atoms with E-state index in [1.165, 1.54) is 6.07 Å². The van der Waals surface area contributed by atoms with E-state index in [0.717, 1.165) is 22.5 Å². The highest BCUT2D eigenvalue weighted by atomic mass is 19.1. The van der Waals surface area contributed by atoms with Gasteiger partial charge in [0, 0.05) is 11.1 Å². The van der Waals surface area contributed by atoms with Crippen molar-refractivity contribution in [1.82, 2.24) is 19.2 Å². The van der Waals surface area contributed by atoms with Gasteiger partial charge in [0.2, 0.25) is 5.78 Å². The van der Waals surface area contributed by atoms with Crippen LogP contribution >= 0.6 is 0 Å². The summed E-state index contributed by atoms with van der Waals surface area (Å²) in [5.41, 5.74) is 4.14. The largest absolute Gasteiger partial charge is 0.273 e. The van der Waals surface area contributed by atoms with E-state index in [1.807, 2.05) is 78.2 Å². The monoisotopic (exact) mass is 368 g/mol. The summed E-state index contributed by atoms with van der Waals surface area (Å²) in [5.74, 6) is 0.912. The molecule has 0 aliphatic heterocycles. The Morgan fingerprint density at radius 2 is 1.29 bits per heavy atom. The minimum atomic E-state index is -0.308. The van der Waals surface area contributed by atoms with Gasteiger partial charge in [0.1, 0.15) is 17.3 Å². The summed E-state index contributed by atoms with van der Waals surface area (Å²) in [6, 6.07) is 26.7. The Morgan fingerprint density at radius 1 is 0.714 bits per heavy atom. The van der Waals surface area contributed by atoms with Crippen LogP contribution in [0.2, 0.25) is 0 Å². The van der Waals surface area contributed by atoms with Crippen molar-refractivity contribution in [3.8, 4) is 28.2 Å². The number of imidazole rings is 1. The molecule has 5 heteroatoms. The first-order chi connectivity index (χ1) is 13.7. The Hall–Kier alpha value is -3.73. The summed E-state index contributed by atoms with van der Waals surface area (Å²) in [4.78, 5) is 4.61. The van der Waals surface area contributed by atoms with E-state index >= 15 is 0 Å². The number of halogens is 1. The van der Waals surface area contributed by atoms with Crippen molar-refractivity contribution in [3.05, 3.63) is 96.6 Å². The van der Waals surface area contributed by atoms with Crippen LogP contribution in [0.25, 0.3) is 34.0 Å². The fourth-order valence-electron chi connectivity index (χ4n) is 3.58. The van der Waals surface area contributed by atoms with Crippen LogP contribution in [0.4, 0.5) is 4.39 Å². The fraction of sp³-hybridized carbons (Fsp3) is 0.0435. The third kappa shape index (κ3) is 2.52. The number of benzene rings is 3. The van der Waals surface area contributed by atoms with Gasteiger partial charge in [-0.3, -0.25) is 4.57 Å². The molecular formula is C23H17FN4. The van der Waals surface area contributed by atoms with Gasteiger partial charge in [0.25, 0.3) is 0 Å². The molecule has 136 valence electrons. The lowest BCUT2D eigenvalue weighted by atomic mass is 10.0. The summed E-state index contributed by atoms with van der Waals surface area (Å²) in [6.07, 6.45) is 0. The van der Waals surface area contributed by atoms with Crippen LogP contribution in [0.3, 0.4) is 0 Å². The molecule has 0 amide bonds. The van der Waals surface area contributed by atoms with Gasteiger partial charge in [-0.25, -0.2) is 4.39 Å². The Balaban J connectivity index is 1.98. The van der Waals surface area contributed by atoms with Crippen molar-refractivity contribution in [2.45, 2.75) is 6.92 Å². The average Bonchev–Trinajstić information content (AvgIpc) is 3.24. The van der Waals surface area contributed by atoms with Crippen molar-refractivity contribution in [3.63, 3.8) is 0 Å². The van der Waals surface area contributed by atoms with E-state index in [2.05, 4.69) is 10.1 Å². The van der Waals surface area contributed by atoms with Gasteiger partial charge in [0.15, 0.2) is 0 Å². The van der Waals surface area contributed by atoms with Crippen LogP contribution in [0, 0.1) is 12.7 Å². The van der Waals surface area contributed by atoms with E-state index in [9.17, 15) is 4.39 Å². The summed E-state index contributed by atoms with van der Waals surface area (Å²) in [5, 5.41) is 4.61. The molecule has 0 saturated heterocycles. The molecule has 0 bridgehead atoms. The van der Waals surface area contributed by atoms with Crippen LogP contribution in [-0.4, -0.2) is 19.2 Å². The maximum absolute atomic E-state index is 14.8. The van der Waals surface area contributed by atoms with Gasteiger partial charge >= 0.3 is 0 Å². The van der Waals surface area contributed by atoms with Gasteiger partial charge in [-0.2, -0.15) is 9.50 Å². The van der Waals surface area contributed by atoms with Gasteiger partial charge in [-0.15, -0.1) is 5.10 Å². The second-order valence-electron chi connectivity index (χ2n) is 6.59. The second-order valence-corrected chi connectivity index (χ2v) is 6.59. The lowest BCUT2D eigenvalue weighted by molar-refractivity contribution is 0.619. The maximum Gasteiger partial charge on any atom is 0.238 e. The highest BCUT2D eigenvalue weighted by molar-refractivity contribution is 5.83. The molecule has 4 nitrogen and oxygen atoms in total. The molecule has 0 fully saturated rings. The quantitative estimate of drug-likeness (QED) is 0.433. The first-order valence-corrected chi connectivity index (χ1v) is 9.08. The second kappa shape index (κ2) is 6.46. The van der Waals surface area contributed by atoms with Crippen molar-refractivity contribution in [2.75, 3.05) is 0 Å². The van der Waals surface area contributed by atoms with Crippen molar-refractivity contribution in [2.24, 2.45) is 0 Å². The minimum Gasteiger partial charge on any atom is -0.273 e. The lowest BCUT2D eigenvalue weighted by Gasteiger charge is -2.12. The maximum atomic E-state index is 14.8. The number of aryl methyl sites for hydroxylation is 1. The highest BCUT2D eigenvalue weighted by Gasteiger charge is 2.25. The Labute approximate surface area is 161 Å². The van der Waals surface area contributed by atoms with Gasteiger partial charge in [-0.05, 0) is 19.1 Å². The van der Waals surface area contributed by atoms with Crippen LogP contribution in [0.1, 0.15) is 5.82 Å². The first kappa shape index (κ1) is 16.4. The summed E-state index contributed by atoms with van der Waals surface area (Å²) in [6.45, 7) is 1.84. The molecule has 0 spiro atoms. The SMILES string of the molecule is Cc1nc2n(-c3ccccc3F)c(-c3ccccc3)c(-c3ccccc3)n2n1. The number of nitrogens with zero attached hydrogens (tertiary/aromatic N) is 4. The van der Waals surface area contributed by atoms with Crippen molar-refractivity contribution >= 4 is 5.78 Å². The molecule has 28 heavy (non-hydrogen) atoms. The predicted octanol–water partition coefficient (Wildman–Crippen LogP) is 5.30. The molecule has 5 aromatic rings. The molecule has 5 rings (SSSR count). The number of rotatable bonds is 3. The first-order valence-electron chi connectivity index (χ1n) is 9.08. The zero-order chi connectivity index (χ0) is 19.1. The van der Waals surface area contributed by atoms with E-state index in [-0.39, 0.29) is 5.82 Å². The number of hydrogen-bond donors (Lipinski definition) is 0. The lowest BCUT2D eigenvalue weighted by Crippen LogP contribution is -2.01. The van der Waals surface area contributed by atoms with Crippen LogP contribution in [-0.2, 0) is 0 Å².